The van der Waals surface area contributed by atoms with Crippen LogP contribution in [0, 0.1) is 0 Å². The molecule has 4 nitrogen and oxygen atoms in total. The fraction of sp³-hybridized carbons (Fsp3) is 0.923. The molecule has 0 aromatic heterocycles. The van der Waals surface area contributed by atoms with Crippen molar-refractivity contribution in [2.24, 2.45) is 5.73 Å². The predicted molar refractivity (Wildman–Crippen MR) is 68.7 cm³/mol. The number of rotatable bonds is 3. The summed E-state index contributed by atoms with van der Waals surface area (Å²) in [6, 6.07) is 0.0284. The van der Waals surface area contributed by atoms with Gasteiger partial charge >= 0.3 is 5.97 Å². The molecule has 0 amide bonds. The van der Waals surface area contributed by atoms with Crippen molar-refractivity contribution in [2.75, 3.05) is 0 Å². The van der Waals surface area contributed by atoms with Gasteiger partial charge in [-0.05, 0) is 53.4 Å². The van der Waals surface area contributed by atoms with E-state index >= 15 is 0 Å². The highest BCUT2D eigenvalue weighted by Crippen LogP contribution is 2.23. The monoisotopic (exact) mass is 242 g/mol. The van der Waals surface area contributed by atoms with Crippen molar-refractivity contribution < 1.29 is 9.53 Å². The summed E-state index contributed by atoms with van der Waals surface area (Å²) < 4.78 is 5.34. The minimum Gasteiger partial charge on any atom is -0.461 e. The standard InChI is InChI=1S/C13H26N2O2/c1-9(14)12(16)17-11-7-5-10(6-8-11)15-13(2,3)4/h9-11,15H,5-8,14H2,1-4H3/t9-,10?,11?/m0/s1. The van der Waals surface area contributed by atoms with Gasteiger partial charge in [-0.3, -0.25) is 4.79 Å². The molecule has 0 aromatic carbocycles. The number of nitrogens with two attached hydrogens (primary N) is 1. The number of hydrogen-bond donors (Lipinski definition) is 2. The molecule has 0 bridgehead atoms. The summed E-state index contributed by atoms with van der Waals surface area (Å²) in [5.74, 6) is -0.280. The number of nitrogens with one attached hydrogen (secondary N) is 1. The Morgan fingerprint density at radius 3 is 2.24 bits per heavy atom. The van der Waals surface area contributed by atoms with E-state index in [1.807, 2.05) is 0 Å². The van der Waals surface area contributed by atoms with E-state index in [0.717, 1.165) is 25.7 Å². The van der Waals surface area contributed by atoms with Crippen molar-refractivity contribution in [1.29, 1.82) is 0 Å². The van der Waals surface area contributed by atoms with Crippen LogP contribution in [0.2, 0.25) is 0 Å². The minimum atomic E-state index is -0.513. The fourth-order valence-electron chi connectivity index (χ4n) is 2.21. The van der Waals surface area contributed by atoms with E-state index in [0.29, 0.717) is 6.04 Å². The Balaban J connectivity index is 2.29. The quantitative estimate of drug-likeness (QED) is 0.737. The van der Waals surface area contributed by atoms with E-state index in [-0.39, 0.29) is 17.6 Å². The summed E-state index contributed by atoms with van der Waals surface area (Å²) in [6.07, 6.45) is 4.06. The molecule has 0 unspecified atom stereocenters. The zero-order valence-corrected chi connectivity index (χ0v) is 11.5. The van der Waals surface area contributed by atoms with E-state index in [2.05, 4.69) is 26.1 Å². The highest BCUT2D eigenvalue weighted by Gasteiger charge is 2.26. The Kier molecular flexibility index (Phi) is 4.95. The third-order valence-electron chi connectivity index (χ3n) is 2.97. The van der Waals surface area contributed by atoms with Crippen LogP contribution in [-0.2, 0) is 9.53 Å². The maximum atomic E-state index is 11.4. The van der Waals surface area contributed by atoms with Gasteiger partial charge in [0.2, 0.25) is 0 Å². The molecule has 1 fully saturated rings. The zero-order chi connectivity index (χ0) is 13.1. The lowest BCUT2D eigenvalue weighted by Gasteiger charge is -2.34. The molecule has 0 saturated heterocycles. The van der Waals surface area contributed by atoms with Gasteiger partial charge in [0.25, 0.3) is 0 Å². The molecular formula is C13H26N2O2. The van der Waals surface area contributed by atoms with Gasteiger partial charge < -0.3 is 15.8 Å². The highest BCUT2D eigenvalue weighted by atomic mass is 16.5. The molecule has 3 N–H and O–H groups in total. The largest absolute Gasteiger partial charge is 0.461 e. The summed E-state index contributed by atoms with van der Waals surface area (Å²) in [6.45, 7) is 8.19. The molecule has 17 heavy (non-hydrogen) atoms. The van der Waals surface area contributed by atoms with Crippen LogP contribution < -0.4 is 11.1 Å². The lowest BCUT2D eigenvalue weighted by molar-refractivity contribution is -0.151. The Morgan fingerprint density at radius 2 is 1.82 bits per heavy atom. The van der Waals surface area contributed by atoms with E-state index in [1.165, 1.54) is 0 Å². The third kappa shape index (κ3) is 5.50. The van der Waals surface area contributed by atoms with Crippen molar-refractivity contribution >= 4 is 5.97 Å². The van der Waals surface area contributed by atoms with Crippen LogP contribution in [0.3, 0.4) is 0 Å². The predicted octanol–water partition coefficient (Wildman–Crippen LogP) is 1.58. The molecule has 1 atom stereocenters. The van der Waals surface area contributed by atoms with Crippen molar-refractivity contribution in [1.82, 2.24) is 5.32 Å². The first-order chi connectivity index (χ1) is 7.78. The molecule has 1 aliphatic carbocycles. The number of ether oxygens (including phenoxy) is 1. The van der Waals surface area contributed by atoms with Gasteiger partial charge in [0.15, 0.2) is 0 Å². The molecule has 1 saturated carbocycles. The zero-order valence-electron chi connectivity index (χ0n) is 11.5. The second-order valence-corrected chi connectivity index (χ2v) is 6.09. The maximum absolute atomic E-state index is 11.4. The fourth-order valence-corrected chi connectivity index (χ4v) is 2.21. The molecule has 0 radical (unpaired) electrons. The molecule has 0 aromatic rings. The lowest BCUT2D eigenvalue weighted by Crippen LogP contribution is -2.46. The third-order valence-corrected chi connectivity index (χ3v) is 2.97. The first kappa shape index (κ1) is 14.5. The number of carbonyl (C=O) groups is 1. The number of esters is 1. The second-order valence-electron chi connectivity index (χ2n) is 6.09. The Hall–Kier alpha value is -0.610. The topological polar surface area (TPSA) is 64.4 Å². The van der Waals surface area contributed by atoms with E-state index in [4.69, 9.17) is 10.5 Å². The number of hydrogen-bond acceptors (Lipinski definition) is 4. The lowest BCUT2D eigenvalue weighted by atomic mass is 9.91. The molecule has 1 rings (SSSR count). The van der Waals surface area contributed by atoms with E-state index in [9.17, 15) is 4.79 Å². The first-order valence-electron chi connectivity index (χ1n) is 6.51. The summed E-state index contributed by atoms with van der Waals surface area (Å²) in [4.78, 5) is 11.4. The van der Waals surface area contributed by atoms with Crippen LogP contribution in [0.5, 0.6) is 0 Å². The second kappa shape index (κ2) is 5.83. The Bertz CT molecular complexity index is 251. The van der Waals surface area contributed by atoms with Crippen LogP contribution >= 0.6 is 0 Å². The van der Waals surface area contributed by atoms with Crippen LogP contribution in [0.25, 0.3) is 0 Å². The minimum absolute atomic E-state index is 0.0616. The number of carbonyl (C=O) groups excluding carboxylic acids is 1. The summed E-state index contributed by atoms with van der Waals surface area (Å²) in [7, 11) is 0. The van der Waals surface area contributed by atoms with Crippen molar-refractivity contribution in [2.45, 2.75) is 77.1 Å². The smallest absolute Gasteiger partial charge is 0.322 e. The van der Waals surface area contributed by atoms with Gasteiger partial charge in [0, 0.05) is 11.6 Å². The summed E-state index contributed by atoms with van der Waals surface area (Å²) >= 11 is 0. The van der Waals surface area contributed by atoms with Crippen LogP contribution in [0.1, 0.15) is 53.4 Å². The molecule has 0 spiro atoms. The van der Waals surface area contributed by atoms with Gasteiger partial charge in [-0.1, -0.05) is 0 Å². The van der Waals surface area contributed by atoms with Crippen LogP contribution in [0.4, 0.5) is 0 Å². The first-order valence-corrected chi connectivity index (χ1v) is 6.51. The Labute approximate surface area is 104 Å². The molecule has 0 heterocycles. The summed E-state index contributed by atoms with van der Waals surface area (Å²) in [5, 5.41) is 3.59. The van der Waals surface area contributed by atoms with Gasteiger partial charge in [0.05, 0.1) is 0 Å². The molecule has 0 aliphatic heterocycles. The average molecular weight is 242 g/mol. The Morgan fingerprint density at radius 1 is 1.29 bits per heavy atom. The molecule has 1 aliphatic rings. The highest BCUT2D eigenvalue weighted by molar-refractivity contribution is 5.75. The van der Waals surface area contributed by atoms with Gasteiger partial charge in [-0.15, -0.1) is 0 Å². The van der Waals surface area contributed by atoms with E-state index < -0.39 is 6.04 Å². The van der Waals surface area contributed by atoms with Gasteiger partial charge in [-0.25, -0.2) is 0 Å². The molecule has 4 heteroatoms. The van der Waals surface area contributed by atoms with Crippen molar-refractivity contribution in [3.8, 4) is 0 Å². The maximum Gasteiger partial charge on any atom is 0.322 e. The molecule has 100 valence electrons. The average Bonchev–Trinajstić information content (AvgIpc) is 2.18. The van der Waals surface area contributed by atoms with Gasteiger partial charge in [-0.2, -0.15) is 0 Å². The van der Waals surface area contributed by atoms with E-state index in [1.54, 1.807) is 6.92 Å². The van der Waals surface area contributed by atoms with Gasteiger partial charge in [0.1, 0.15) is 12.1 Å². The van der Waals surface area contributed by atoms with Crippen LogP contribution in [-0.4, -0.2) is 29.7 Å². The van der Waals surface area contributed by atoms with Crippen molar-refractivity contribution in [3.05, 3.63) is 0 Å². The normalized spacial score (nSPS) is 27.6. The summed E-state index contributed by atoms with van der Waals surface area (Å²) in [5.41, 5.74) is 5.63. The SMILES string of the molecule is C[C@H](N)C(=O)OC1CCC(NC(C)(C)C)CC1. The van der Waals surface area contributed by atoms with Crippen molar-refractivity contribution in [3.63, 3.8) is 0 Å². The molecular weight excluding hydrogens is 216 g/mol. The van der Waals surface area contributed by atoms with Crippen LogP contribution in [0.15, 0.2) is 0 Å².